The van der Waals surface area contributed by atoms with Gasteiger partial charge >= 0.3 is 6.09 Å². The zero-order valence-corrected chi connectivity index (χ0v) is 10.4. The zero-order chi connectivity index (χ0) is 12.1. The summed E-state index contributed by atoms with van der Waals surface area (Å²) in [5, 5.41) is 8.63. The molecule has 1 aliphatic rings. The Bertz CT molecular complexity index is 198. The fourth-order valence-corrected chi connectivity index (χ4v) is 1.12. The Morgan fingerprint density at radius 3 is 2.40 bits per heavy atom. The number of aliphatic hydroxyl groups is 1. The van der Waals surface area contributed by atoms with Gasteiger partial charge in [-0.15, -0.1) is 0 Å². The van der Waals surface area contributed by atoms with Crippen LogP contribution in [0.4, 0.5) is 4.79 Å². The monoisotopic (exact) mass is 217 g/mol. The van der Waals surface area contributed by atoms with E-state index in [9.17, 15) is 4.79 Å². The van der Waals surface area contributed by atoms with Crippen LogP contribution in [0.5, 0.6) is 0 Å². The summed E-state index contributed by atoms with van der Waals surface area (Å²) in [4.78, 5) is 13.0. The van der Waals surface area contributed by atoms with Crippen LogP contribution in [0.3, 0.4) is 0 Å². The van der Waals surface area contributed by atoms with Gasteiger partial charge in [0, 0.05) is 13.2 Å². The molecular formula is C11H23NO3. The molecule has 1 saturated heterocycles. The quantitative estimate of drug-likeness (QED) is 0.720. The molecule has 1 rings (SSSR count). The van der Waals surface area contributed by atoms with Crippen LogP contribution in [-0.4, -0.2) is 40.9 Å². The van der Waals surface area contributed by atoms with Crippen molar-refractivity contribution in [1.29, 1.82) is 0 Å². The van der Waals surface area contributed by atoms with Crippen molar-refractivity contribution in [2.75, 3.05) is 13.2 Å². The normalized spacial score (nSPS) is 19.1. The van der Waals surface area contributed by atoms with Crippen LogP contribution < -0.4 is 0 Å². The van der Waals surface area contributed by atoms with Crippen molar-refractivity contribution in [3.8, 4) is 0 Å². The smallest absolute Gasteiger partial charge is 0.410 e. The Balaban J connectivity index is 0.000000921. The van der Waals surface area contributed by atoms with Crippen molar-refractivity contribution in [3.63, 3.8) is 0 Å². The number of ether oxygens (including phenoxy) is 1. The summed E-state index contributed by atoms with van der Waals surface area (Å²) in [6.07, 6.45) is 0.380. The molecule has 15 heavy (non-hydrogen) atoms. The molecule has 4 heteroatoms. The van der Waals surface area contributed by atoms with Gasteiger partial charge in [0.05, 0.1) is 6.04 Å². The highest BCUT2D eigenvalue weighted by molar-refractivity contribution is 5.71. The molecule has 1 heterocycles. The maximum Gasteiger partial charge on any atom is 0.410 e. The molecule has 0 unspecified atom stereocenters. The Morgan fingerprint density at radius 2 is 2.00 bits per heavy atom. The number of aliphatic hydroxyl groups excluding tert-OH is 1. The highest BCUT2D eigenvalue weighted by Gasteiger charge is 2.40. The van der Waals surface area contributed by atoms with Crippen LogP contribution in [0, 0.1) is 0 Å². The standard InChI is InChI=1S/C9H17NO3.C2H6/c1-9(2,3)13-8(12)10-6-7(10)4-5-11;1-2/h7,11H,4-6H2,1-3H3;1-2H3/t7-,10?;/m0./s1. The van der Waals surface area contributed by atoms with E-state index in [1.165, 1.54) is 0 Å². The van der Waals surface area contributed by atoms with Crippen LogP contribution in [0.15, 0.2) is 0 Å². The van der Waals surface area contributed by atoms with Gasteiger partial charge in [-0.05, 0) is 27.2 Å². The molecule has 90 valence electrons. The van der Waals surface area contributed by atoms with Crippen molar-refractivity contribution >= 4 is 6.09 Å². The summed E-state index contributed by atoms with van der Waals surface area (Å²) in [5.41, 5.74) is -0.427. The maximum absolute atomic E-state index is 11.3. The summed E-state index contributed by atoms with van der Waals surface area (Å²) in [6, 6.07) is 0.194. The molecule has 0 aromatic carbocycles. The minimum Gasteiger partial charge on any atom is -0.444 e. The lowest BCUT2D eigenvalue weighted by Gasteiger charge is -2.19. The Kier molecular flexibility index (Phi) is 5.65. The lowest BCUT2D eigenvalue weighted by molar-refractivity contribution is 0.0403. The predicted octanol–water partition coefficient (Wildman–Crippen LogP) is 2.01. The molecule has 0 aromatic rings. The van der Waals surface area contributed by atoms with E-state index in [2.05, 4.69) is 0 Å². The van der Waals surface area contributed by atoms with Crippen molar-refractivity contribution in [3.05, 3.63) is 0 Å². The first kappa shape index (κ1) is 14.2. The average molecular weight is 217 g/mol. The second-order valence-electron chi connectivity index (χ2n) is 4.30. The Hall–Kier alpha value is -0.770. The number of hydrogen-bond acceptors (Lipinski definition) is 3. The molecule has 0 radical (unpaired) electrons. The number of amides is 1. The van der Waals surface area contributed by atoms with Crippen LogP contribution in [-0.2, 0) is 4.74 Å². The summed E-state index contributed by atoms with van der Waals surface area (Å²) in [5.74, 6) is 0. The molecule has 0 saturated carbocycles. The van der Waals surface area contributed by atoms with E-state index in [1.807, 2.05) is 34.6 Å². The van der Waals surface area contributed by atoms with E-state index in [1.54, 1.807) is 4.90 Å². The van der Waals surface area contributed by atoms with Crippen molar-refractivity contribution < 1.29 is 14.6 Å². The number of hydrogen-bond donors (Lipinski definition) is 1. The molecule has 0 spiro atoms. The number of carbonyl (C=O) groups excluding carboxylic acids is 1. The largest absolute Gasteiger partial charge is 0.444 e. The van der Waals surface area contributed by atoms with Crippen LogP contribution in [0.25, 0.3) is 0 Å². The Morgan fingerprint density at radius 1 is 1.47 bits per heavy atom. The van der Waals surface area contributed by atoms with E-state index < -0.39 is 5.60 Å². The molecule has 0 aromatic heterocycles. The minimum absolute atomic E-state index is 0.129. The highest BCUT2D eigenvalue weighted by Crippen LogP contribution is 2.23. The van der Waals surface area contributed by atoms with Gasteiger partial charge in [-0.25, -0.2) is 4.79 Å². The summed E-state index contributed by atoms with van der Waals surface area (Å²) in [7, 11) is 0. The summed E-state index contributed by atoms with van der Waals surface area (Å²) < 4.78 is 5.14. The minimum atomic E-state index is -0.427. The fourth-order valence-electron chi connectivity index (χ4n) is 1.12. The van der Waals surface area contributed by atoms with E-state index in [0.29, 0.717) is 6.42 Å². The van der Waals surface area contributed by atoms with Gasteiger partial charge in [-0.3, -0.25) is 0 Å². The van der Waals surface area contributed by atoms with E-state index in [4.69, 9.17) is 9.84 Å². The van der Waals surface area contributed by atoms with Crippen LogP contribution in [0.1, 0.15) is 41.0 Å². The van der Waals surface area contributed by atoms with Gasteiger partial charge in [-0.1, -0.05) is 13.8 Å². The van der Waals surface area contributed by atoms with E-state index in [-0.39, 0.29) is 18.7 Å². The highest BCUT2D eigenvalue weighted by atomic mass is 16.6. The SMILES string of the molecule is CC.CC(C)(C)OC(=O)N1C[C@@H]1CCO. The van der Waals surface area contributed by atoms with Crippen LogP contribution >= 0.6 is 0 Å². The molecule has 0 aliphatic carbocycles. The number of nitrogens with zero attached hydrogens (tertiary/aromatic N) is 1. The second kappa shape index (κ2) is 5.95. The third-order valence-corrected chi connectivity index (χ3v) is 1.80. The second-order valence-corrected chi connectivity index (χ2v) is 4.30. The first-order valence-electron chi connectivity index (χ1n) is 5.54. The first-order valence-corrected chi connectivity index (χ1v) is 5.54. The third-order valence-electron chi connectivity index (χ3n) is 1.80. The lowest BCUT2D eigenvalue weighted by Crippen LogP contribution is -2.28. The topological polar surface area (TPSA) is 49.5 Å². The maximum atomic E-state index is 11.3. The molecule has 1 N–H and O–H groups in total. The molecular weight excluding hydrogens is 194 g/mol. The van der Waals surface area contributed by atoms with Gasteiger partial charge < -0.3 is 14.7 Å². The predicted molar refractivity (Wildman–Crippen MR) is 59.8 cm³/mol. The van der Waals surface area contributed by atoms with Gasteiger partial charge in [0.2, 0.25) is 0 Å². The van der Waals surface area contributed by atoms with Crippen LogP contribution in [0.2, 0.25) is 0 Å². The Labute approximate surface area is 92.2 Å². The average Bonchev–Trinajstić information content (AvgIpc) is 2.85. The number of rotatable bonds is 2. The van der Waals surface area contributed by atoms with Gasteiger partial charge in [0.1, 0.15) is 5.60 Å². The first-order chi connectivity index (χ1) is 6.94. The molecule has 1 fully saturated rings. The van der Waals surface area contributed by atoms with Gasteiger partial charge in [0.15, 0.2) is 0 Å². The number of carbonyl (C=O) groups is 1. The molecule has 1 atom stereocenters. The summed E-state index contributed by atoms with van der Waals surface area (Å²) >= 11 is 0. The van der Waals surface area contributed by atoms with Gasteiger partial charge in [0.25, 0.3) is 0 Å². The molecule has 4 nitrogen and oxygen atoms in total. The lowest BCUT2D eigenvalue weighted by atomic mass is 10.2. The third kappa shape index (κ3) is 5.62. The molecule has 1 aliphatic heterocycles. The van der Waals surface area contributed by atoms with Crippen molar-refractivity contribution in [1.82, 2.24) is 4.90 Å². The van der Waals surface area contributed by atoms with E-state index in [0.717, 1.165) is 6.54 Å². The fraction of sp³-hybridized carbons (Fsp3) is 0.909. The van der Waals surface area contributed by atoms with Crippen molar-refractivity contribution in [2.24, 2.45) is 0 Å². The van der Waals surface area contributed by atoms with Gasteiger partial charge in [-0.2, -0.15) is 0 Å². The molecule has 0 bridgehead atoms. The van der Waals surface area contributed by atoms with Crippen molar-refractivity contribution in [2.45, 2.75) is 52.7 Å². The molecule has 1 amide bonds. The van der Waals surface area contributed by atoms with E-state index >= 15 is 0 Å². The summed E-state index contributed by atoms with van der Waals surface area (Å²) in [6.45, 7) is 10.4. The zero-order valence-electron chi connectivity index (χ0n) is 10.4.